The van der Waals surface area contributed by atoms with Crippen LogP contribution in [0.4, 0.5) is 0 Å². The van der Waals surface area contributed by atoms with Gasteiger partial charge in [-0.1, -0.05) is 24.3 Å². The highest BCUT2D eigenvalue weighted by molar-refractivity contribution is 9.13. The molecule has 60 valence electrons. The molecule has 0 radical (unpaired) electrons. The van der Waals surface area contributed by atoms with Gasteiger partial charge in [-0.15, -0.1) is 0 Å². The molecule has 0 fully saturated rings. The van der Waals surface area contributed by atoms with Gasteiger partial charge in [-0.3, -0.25) is 0 Å². The van der Waals surface area contributed by atoms with Crippen molar-refractivity contribution in [2.45, 2.75) is 0 Å². The summed E-state index contributed by atoms with van der Waals surface area (Å²) in [6, 6.07) is 10.00. The fraction of sp³-hybridized carbons (Fsp3) is 0. The largest absolute Gasteiger partial charge is 0.240 e. The Morgan fingerprint density at radius 3 is 2.58 bits per heavy atom. The van der Waals surface area contributed by atoms with Crippen molar-refractivity contribution in [1.29, 1.82) is 0 Å². The van der Waals surface area contributed by atoms with Gasteiger partial charge < -0.3 is 0 Å². The number of fused-ring (bicyclic) bond motifs is 1. The summed E-state index contributed by atoms with van der Waals surface area (Å²) in [5.41, 5.74) is 2.13. The first-order chi connectivity index (χ1) is 5.79. The van der Waals surface area contributed by atoms with E-state index in [-0.39, 0.29) is 0 Å². The van der Waals surface area contributed by atoms with Crippen LogP contribution in [0.15, 0.2) is 39.4 Å². The lowest BCUT2D eigenvalue weighted by Gasteiger charge is -1.87. The molecule has 0 bridgehead atoms. The molecule has 0 N–H and O–H groups in total. The smallest absolute Gasteiger partial charge is 0.121 e. The van der Waals surface area contributed by atoms with E-state index in [1.165, 1.54) is 0 Å². The van der Waals surface area contributed by atoms with Gasteiger partial charge in [0.1, 0.15) is 4.60 Å². The van der Waals surface area contributed by atoms with Gasteiger partial charge >= 0.3 is 0 Å². The van der Waals surface area contributed by atoms with Crippen LogP contribution in [0, 0.1) is 0 Å². The molecule has 0 saturated carbocycles. The first kappa shape index (κ1) is 8.20. The van der Waals surface area contributed by atoms with Crippen molar-refractivity contribution in [2.24, 2.45) is 0 Å². The SMILES string of the molecule is Brc1nc2cccccc-2c1Br. The summed E-state index contributed by atoms with van der Waals surface area (Å²) in [4.78, 5) is 4.32. The molecule has 0 unspecified atom stereocenters. The summed E-state index contributed by atoms with van der Waals surface area (Å²) >= 11 is 6.83. The van der Waals surface area contributed by atoms with E-state index in [0.29, 0.717) is 0 Å². The van der Waals surface area contributed by atoms with Crippen molar-refractivity contribution in [3.05, 3.63) is 39.4 Å². The maximum atomic E-state index is 4.32. The maximum Gasteiger partial charge on any atom is 0.121 e. The molecule has 0 spiro atoms. The van der Waals surface area contributed by atoms with Gasteiger partial charge in [-0.05, 0) is 37.9 Å². The summed E-state index contributed by atoms with van der Waals surface area (Å²) in [6.45, 7) is 0. The first-order valence-electron chi connectivity index (χ1n) is 3.49. The van der Waals surface area contributed by atoms with E-state index >= 15 is 0 Å². The summed E-state index contributed by atoms with van der Waals surface area (Å²) < 4.78 is 1.89. The summed E-state index contributed by atoms with van der Waals surface area (Å²) in [5.74, 6) is 0. The lowest BCUT2D eigenvalue weighted by Crippen LogP contribution is -1.67. The Balaban J connectivity index is 2.79. The number of nitrogens with zero attached hydrogens (tertiary/aromatic N) is 1. The lowest BCUT2D eigenvalue weighted by atomic mass is 10.2. The second kappa shape index (κ2) is 3.15. The fourth-order valence-electron chi connectivity index (χ4n) is 1.09. The van der Waals surface area contributed by atoms with Crippen molar-refractivity contribution in [3.63, 3.8) is 0 Å². The molecule has 1 aliphatic heterocycles. The first-order valence-corrected chi connectivity index (χ1v) is 5.07. The Morgan fingerprint density at radius 2 is 1.75 bits per heavy atom. The highest BCUT2D eigenvalue weighted by Gasteiger charge is 2.11. The second-order valence-corrected chi connectivity index (χ2v) is 3.97. The van der Waals surface area contributed by atoms with Crippen LogP contribution in [0.5, 0.6) is 0 Å². The zero-order chi connectivity index (χ0) is 8.55. The van der Waals surface area contributed by atoms with Gasteiger partial charge in [0.15, 0.2) is 0 Å². The summed E-state index contributed by atoms with van der Waals surface area (Å²) in [6.07, 6.45) is 0. The van der Waals surface area contributed by atoms with Crippen LogP contribution in [-0.4, -0.2) is 4.98 Å². The third-order valence-electron chi connectivity index (χ3n) is 1.65. The Labute approximate surface area is 87.4 Å². The number of hydrogen-bond donors (Lipinski definition) is 0. The number of hydrogen-bond acceptors (Lipinski definition) is 1. The fourth-order valence-corrected chi connectivity index (χ4v) is 1.92. The molecule has 0 atom stereocenters. The predicted molar refractivity (Wildman–Crippen MR) is 56.3 cm³/mol. The molecule has 1 nitrogen and oxygen atoms in total. The number of halogens is 2. The molecule has 1 aliphatic carbocycles. The minimum Gasteiger partial charge on any atom is -0.240 e. The van der Waals surface area contributed by atoms with Crippen molar-refractivity contribution in [2.75, 3.05) is 0 Å². The summed E-state index contributed by atoms with van der Waals surface area (Å²) in [5, 5.41) is 0. The normalized spacial score (nSPS) is 10.5. The Bertz CT molecular complexity index is 387. The van der Waals surface area contributed by atoms with E-state index in [1.807, 2.05) is 30.3 Å². The minimum absolute atomic E-state index is 0.865. The van der Waals surface area contributed by atoms with Crippen molar-refractivity contribution < 1.29 is 0 Å². The van der Waals surface area contributed by atoms with Gasteiger partial charge in [-0.25, -0.2) is 4.98 Å². The quantitative estimate of drug-likeness (QED) is 0.719. The van der Waals surface area contributed by atoms with E-state index in [4.69, 9.17) is 0 Å². The topological polar surface area (TPSA) is 12.9 Å². The zero-order valence-corrected chi connectivity index (χ0v) is 9.26. The predicted octanol–water partition coefficient (Wildman–Crippen LogP) is 3.71. The van der Waals surface area contributed by atoms with E-state index in [1.54, 1.807) is 0 Å². The van der Waals surface area contributed by atoms with E-state index in [0.717, 1.165) is 20.3 Å². The monoisotopic (exact) mass is 285 g/mol. The van der Waals surface area contributed by atoms with E-state index in [2.05, 4.69) is 36.8 Å². The standard InChI is InChI=1S/C9H5Br2N/c10-8-6-4-2-1-3-5-7(6)12-9(8)11/h1-5H. The molecule has 0 aromatic heterocycles. The van der Waals surface area contributed by atoms with Gasteiger partial charge in [0.2, 0.25) is 0 Å². The second-order valence-electron chi connectivity index (χ2n) is 2.43. The van der Waals surface area contributed by atoms with Gasteiger partial charge in [0.25, 0.3) is 0 Å². The molecule has 0 amide bonds. The lowest BCUT2D eigenvalue weighted by molar-refractivity contribution is 1.36. The van der Waals surface area contributed by atoms with E-state index in [9.17, 15) is 0 Å². The summed E-state index contributed by atoms with van der Waals surface area (Å²) in [7, 11) is 0. The zero-order valence-electron chi connectivity index (χ0n) is 6.09. The minimum atomic E-state index is 0.865. The average molecular weight is 287 g/mol. The molecular weight excluding hydrogens is 282 g/mol. The third kappa shape index (κ3) is 1.27. The van der Waals surface area contributed by atoms with Crippen LogP contribution < -0.4 is 0 Å². The van der Waals surface area contributed by atoms with Crippen molar-refractivity contribution in [3.8, 4) is 11.3 Å². The van der Waals surface area contributed by atoms with Crippen LogP contribution in [0.3, 0.4) is 0 Å². The highest BCUT2D eigenvalue weighted by Crippen LogP contribution is 2.35. The number of rotatable bonds is 0. The molecule has 0 aromatic carbocycles. The molecule has 3 heteroatoms. The van der Waals surface area contributed by atoms with Gasteiger partial charge in [0, 0.05) is 5.56 Å². The highest BCUT2D eigenvalue weighted by atomic mass is 79.9. The molecular formula is C9H5Br2N. The van der Waals surface area contributed by atoms with E-state index < -0.39 is 0 Å². The molecule has 12 heavy (non-hydrogen) atoms. The van der Waals surface area contributed by atoms with Crippen LogP contribution in [0.25, 0.3) is 11.3 Å². The molecule has 2 rings (SSSR count). The van der Waals surface area contributed by atoms with Crippen LogP contribution >= 0.6 is 31.9 Å². The van der Waals surface area contributed by atoms with Crippen LogP contribution in [-0.2, 0) is 0 Å². The molecule has 0 aromatic rings. The average Bonchev–Trinajstić information content (AvgIpc) is 2.30. The van der Waals surface area contributed by atoms with Crippen LogP contribution in [0.1, 0.15) is 0 Å². The maximum absolute atomic E-state index is 4.32. The Kier molecular flexibility index (Phi) is 2.15. The molecule has 2 aliphatic rings. The third-order valence-corrected chi connectivity index (χ3v) is 3.56. The van der Waals surface area contributed by atoms with Crippen molar-refractivity contribution >= 4 is 31.9 Å². The van der Waals surface area contributed by atoms with Gasteiger partial charge in [-0.2, -0.15) is 0 Å². The van der Waals surface area contributed by atoms with Gasteiger partial charge in [0.05, 0.1) is 10.2 Å². The van der Waals surface area contributed by atoms with Crippen molar-refractivity contribution in [1.82, 2.24) is 4.98 Å². The molecule has 1 heterocycles. The van der Waals surface area contributed by atoms with Crippen LogP contribution in [0.2, 0.25) is 0 Å². The Morgan fingerprint density at radius 1 is 1.00 bits per heavy atom. The molecule has 0 saturated heterocycles. The Hall–Kier alpha value is -0.410. The number of aromatic nitrogens is 1.